The van der Waals surface area contributed by atoms with Crippen LogP contribution in [0.4, 0.5) is 5.69 Å². The molecule has 0 fully saturated rings. The van der Waals surface area contributed by atoms with Gasteiger partial charge in [-0.1, -0.05) is 29.5 Å². The zero-order valence-corrected chi connectivity index (χ0v) is 26.1. The van der Waals surface area contributed by atoms with Crippen molar-refractivity contribution in [2.24, 2.45) is 10.3 Å². The predicted molar refractivity (Wildman–Crippen MR) is 126 cm³/mol. The first kappa shape index (κ1) is 35.4. The molecule has 37 heavy (non-hydrogen) atoms. The summed E-state index contributed by atoms with van der Waals surface area (Å²) in [7, 11) is -6.13. The molecule has 0 amide bonds. The summed E-state index contributed by atoms with van der Waals surface area (Å²) in [6, 6.07) is 24.4. The molecule has 0 aliphatic carbocycles. The summed E-state index contributed by atoms with van der Waals surface area (Å²) in [5.41, 5.74) is 4.37. The standard InChI is InChI=1S/C22H20N3O4S.2Na.H2O4S/c1-25(2)24-23-20-12-8-17(9-13-20)16-22(18-6-4-3-5-7-18)19-10-14-21(15-11-19)29-30(26,27)28;;;1-5(2,3)4/h4-16H,1-2H3,(H,26,27,28);;;(H2,1,2,3,4)/q-1;2*+1;/p-2/b22-16-,24-23?;;;. The Kier molecular flexibility index (Phi) is 15.6. The number of benzene rings is 3. The van der Waals surface area contributed by atoms with Crippen LogP contribution in [-0.2, 0) is 20.8 Å². The zero-order valence-electron chi connectivity index (χ0n) is 20.5. The quantitative estimate of drug-likeness (QED) is 0.0619. The molecule has 1 N–H and O–H groups in total. The molecule has 186 valence electrons. The van der Waals surface area contributed by atoms with Crippen LogP contribution in [-0.4, -0.2) is 49.6 Å². The van der Waals surface area contributed by atoms with E-state index in [1.165, 1.54) is 12.1 Å². The first-order chi connectivity index (χ1) is 16.3. The minimum atomic E-state index is -4.92. The van der Waals surface area contributed by atoms with Gasteiger partial charge >= 0.3 is 59.1 Å². The second-order valence-electron chi connectivity index (χ2n) is 6.92. The van der Waals surface area contributed by atoms with Crippen LogP contribution < -0.4 is 63.3 Å². The van der Waals surface area contributed by atoms with Crippen molar-refractivity contribution in [3.63, 3.8) is 0 Å². The summed E-state index contributed by atoms with van der Waals surface area (Å²) < 4.78 is 69.6. The first-order valence-corrected chi connectivity index (χ1v) is 12.3. The zero-order chi connectivity index (χ0) is 26.1. The van der Waals surface area contributed by atoms with Gasteiger partial charge in [0.2, 0.25) is 10.4 Å². The Morgan fingerprint density at radius 1 is 0.892 bits per heavy atom. The Hall–Kier alpha value is -1.62. The van der Waals surface area contributed by atoms with Crippen LogP contribution in [0.15, 0.2) is 83.1 Å². The summed E-state index contributed by atoms with van der Waals surface area (Å²) in [6.07, 6.45) is 2.00. The van der Waals surface area contributed by atoms with E-state index in [0.717, 1.165) is 28.0 Å². The van der Waals surface area contributed by atoms with E-state index in [2.05, 4.69) is 20.6 Å². The molecular formula is C22H20N3Na2O8S2-. The second-order valence-corrected chi connectivity index (χ2v) is 8.76. The van der Waals surface area contributed by atoms with Crippen molar-refractivity contribution < 1.29 is 93.8 Å². The fraction of sp³-hybridized carbons (Fsp3) is 0.0909. The second kappa shape index (κ2) is 16.4. The Labute approximate surface area is 260 Å². The van der Waals surface area contributed by atoms with Crippen LogP contribution in [0.3, 0.4) is 0 Å². The molecule has 0 heterocycles. The largest absolute Gasteiger partial charge is 1.00 e. The number of nitrogens with zero attached hydrogens (tertiary/aromatic N) is 3. The molecule has 0 aliphatic heterocycles. The molecule has 0 bridgehead atoms. The van der Waals surface area contributed by atoms with E-state index in [-0.39, 0.29) is 64.9 Å². The average molecular weight is 565 g/mol. The maximum Gasteiger partial charge on any atom is 1.00 e. The average Bonchev–Trinajstić information content (AvgIpc) is 2.76. The van der Waals surface area contributed by atoms with Gasteiger partial charge in [0.05, 0.1) is 5.69 Å². The van der Waals surface area contributed by atoms with Crippen molar-refractivity contribution in [3.8, 4) is 5.75 Å². The molecule has 0 unspecified atom stereocenters. The third-order valence-electron chi connectivity index (χ3n) is 3.94. The maximum absolute atomic E-state index is 10.8. The van der Waals surface area contributed by atoms with Crippen molar-refractivity contribution >= 4 is 38.1 Å². The van der Waals surface area contributed by atoms with Crippen LogP contribution in [0.5, 0.6) is 5.75 Å². The van der Waals surface area contributed by atoms with E-state index in [0.29, 0.717) is 0 Å². The summed E-state index contributed by atoms with van der Waals surface area (Å²) in [6.45, 7) is 0. The van der Waals surface area contributed by atoms with E-state index >= 15 is 0 Å². The third-order valence-corrected chi connectivity index (χ3v) is 4.33. The molecule has 3 aromatic rings. The summed E-state index contributed by atoms with van der Waals surface area (Å²) >= 11 is 0. The summed E-state index contributed by atoms with van der Waals surface area (Å²) in [5, 5.41) is 9.71. The van der Waals surface area contributed by atoms with Gasteiger partial charge in [0, 0.05) is 14.1 Å². The molecular weight excluding hydrogens is 544 g/mol. The number of hydrogen-bond donors (Lipinski definition) is 1. The monoisotopic (exact) mass is 564 g/mol. The first-order valence-electron chi connectivity index (χ1n) is 9.61. The van der Waals surface area contributed by atoms with Crippen LogP contribution >= 0.6 is 0 Å². The number of rotatable bonds is 7. The Bertz CT molecular complexity index is 1370. The molecule has 11 nitrogen and oxygen atoms in total. The van der Waals surface area contributed by atoms with E-state index in [1.54, 1.807) is 31.2 Å². The number of hydrogen-bond acceptors (Lipinski definition) is 9. The van der Waals surface area contributed by atoms with Crippen molar-refractivity contribution in [3.05, 3.63) is 95.6 Å². The molecule has 3 aromatic carbocycles. The van der Waals surface area contributed by atoms with Crippen LogP contribution in [0.1, 0.15) is 16.7 Å². The summed E-state index contributed by atoms with van der Waals surface area (Å²) in [5.74, 6) is -0.0369. The Morgan fingerprint density at radius 3 is 1.84 bits per heavy atom. The van der Waals surface area contributed by atoms with E-state index < -0.39 is 20.8 Å². The van der Waals surface area contributed by atoms with Gasteiger partial charge in [-0.2, -0.15) is 30.3 Å². The van der Waals surface area contributed by atoms with E-state index in [4.69, 9.17) is 17.5 Å². The topological polar surface area (TPSA) is 172 Å². The van der Waals surface area contributed by atoms with Gasteiger partial charge in [0.15, 0.2) is 0 Å². The van der Waals surface area contributed by atoms with E-state index in [1.807, 2.05) is 54.6 Å². The van der Waals surface area contributed by atoms with Crippen molar-refractivity contribution in [2.75, 3.05) is 14.1 Å². The van der Waals surface area contributed by atoms with Gasteiger partial charge in [-0.25, -0.2) is 16.8 Å². The molecule has 3 rings (SSSR count). The van der Waals surface area contributed by atoms with Crippen LogP contribution in [0, 0.1) is 6.07 Å². The Balaban J connectivity index is 0.00000169. The Morgan fingerprint density at radius 2 is 1.38 bits per heavy atom. The van der Waals surface area contributed by atoms with Gasteiger partial charge in [-0.3, -0.25) is 9.56 Å². The maximum atomic E-state index is 10.8. The minimum absolute atomic E-state index is 0. The normalized spacial score (nSPS) is 11.4. The fourth-order valence-electron chi connectivity index (χ4n) is 2.65. The molecule has 15 heteroatoms. The smallest absolute Gasteiger partial charge is 0.726 e. The summed E-state index contributed by atoms with van der Waals surface area (Å²) in [4.78, 5) is 0. The molecule has 0 aliphatic rings. The molecule has 0 saturated carbocycles. The predicted octanol–water partition coefficient (Wildman–Crippen LogP) is -2.51. The third kappa shape index (κ3) is 15.4. The van der Waals surface area contributed by atoms with Crippen LogP contribution in [0.25, 0.3) is 11.6 Å². The van der Waals surface area contributed by atoms with Crippen molar-refractivity contribution in [1.29, 1.82) is 0 Å². The van der Waals surface area contributed by atoms with Crippen LogP contribution in [0.2, 0.25) is 0 Å². The van der Waals surface area contributed by atoms with Gasteiger partial charge in [-0.15, -0.1) is 10.7 Å². The molecule has 0 radical (unpaired) electrons. The molecule has 0 aromatic heterocycles. The van der Waals surface area contributed by atoms with E-state index in [9.17, 15) is 13.0 Å². The van der Waals surface area contributed by atoms with Gasteiger partial charge in [-0.05, 0) is 47.0 Å². The van der Waals surface area contributed by atoms with Crippen molar-refractivity contribution in [1.82, 2.24) is 5.01 Å². The SMILES string of the molecule is CN(C)N=Nc1ccc(/C=C(/c2cc[c-]cc2)c2ccc(OS(=O)(=O)[O-])cc2)cc1.O=S(=O)([O-])O.[Na+].[Na+]. The fourth-order valence-corrected chi connectivity index (χ4v) is 3.00. The van der Waals surface area contributed by atoms with Gasteiger partial charge in [0.25, 0.3) is 10.4 Å². The van der Waals surface area contributed by atoms with Crippen molar-refractivity contribution in [2.45, 2.75) is 0 Å². The molecule has 0 saturated heterocycles. The van der Waals surface area contributed by atoms with Gasteiger partial charge < -0.3 is 13.3 Å². The minimum Gasteiger partial charge on any atom is -0.726 e. The molecule has 0 spiro atoms. The molecule has 0 atom stereocenters. The van der Waals surface area contributed by atoms with Gasteiger partial charge in [0.1, 0.15) is 5.75 Å².